The lowest BCUT2D eigenvalue weighted by Gasteiger charge is -2.01. The van der Waals surface area contributed by atoms with Crippen LogP contribution in [0, 0.1) is 0 Å². The maximum Gasteiger partial charge on any atom is 0.219 e. The fourth-order valence-corrected chi connectivity index (χ4v) is 3.10. The van der Waals surface area contributed by atoms with Crippen molar-refractivity contribution in [2.75, 3.05) is 12.8 Å². The Hall–Kier alpha value is -3.00. The third-order valence-electron chi connectivity index (χ3n) is 3.37. The zero-order chi connectivity index (χ0) is 15.8. The van der Waals surface area contributed by atoms with Crippen LogP contribution in [0.2, 0.25) is 0 Å². The van der Waals surface area contributed by atoms with Gasteiger partial charge in [0.1, 0.15) is 10.8 Å². The van der Waals surface area contributed by atoms with E-state index < -0.39 is 0 Å². The number of aromatic nitrogens is 5. The quantitative estimate of drug-likeness (QED) is 0.622. The van der Waals surface area contributed by atoms with E-state index in [0.29, 0.717) is 0 Å². The number of nitrogen functional groups attached to an aromatic ring is 1. The van der Waals surface area contributed by atoms with Gasteiger partial charge in [0.15, 0.2) is 0 Å². The average Bonchev–Trinajstić information content (AvgIpc) is 3.16. The van der Waals surface area contributed by atoms with Gasteiger partial charge in [-0.2, -0.15) is 5.10 Å². The van der Waals surface area contributed by atoms with E-state index in [1.165, 1.54) is 11.3 Å². The molecular weight excluding hydrogens is 312 g/mol. The summed E-state index contributed by atoms with van der Waals surface area (Å²) in [5.74, 6) is 1.03. The Kier molecular flexibility index (Phi) is 3.16. The van der Waals surface area contributed by atoms with E-state index in [1.54, 1.807) is 30.2 Å². The van der Waals surface area contributed by atoms with E-state index in [-0.39, 0.29) is 5.95 Å². The lowest BCUT2D eigenvalue weighted by molar-refractivity contribution is 0.415. The highest BCUT2D eigenvalue weighted by Crippen LogP contribution is 2.30. The summed E-state index contributed by atoms with van der Waals surface area (Å²) in [5, 5.41) is 5.51. The topological polar surface area (TPSA) is 91.2 Å². The summed E-state index contributed by atoms with van der Waals surface area (Å²) in [4.78, 5) is 13.2. The van der Waals surface area contributed by atoms with Crippen molar-refractivity contribution in [3.05, 3.63) is 42.9 Å². The van der Waals surface area contributed by atoms with Gasteiger partial charge >= 0.3 is 0 Å². The number of nitrogens with zero attached hydrogens (tertiary/aromatic N) is 5. The summed E-state index contributed by atoms with van der Waals surface area (Å²) in [5.41, 5.74) is 8.15. The number of hydrogen-bond donors (Lipinski definition) is 1. The van der Waals surface area contributed by atoms with Crippen molar-refractivity contribution in [3.63, 3.8) is 0 Å². The van der Waals surface area contributed by atoms with Gasteiger partial charge < -0.3 is 10.5 Å². The number of benzene rings is 1. The molecule has 0 aliphatic heterocycles. The molecule has 0 radical (unpaired) electrons. The second-order valence-electron chi connectivity index (χ2n) is 4.81. The molecule has 0 atom stereocenters. The smallest absolute Gasteiger partial charge is 0.219 e. The SMILES string of the molecule is COc1cccc(-c2nn3c(-c4cnc(N)nc4)cnc3s2)c1. The molecule has 0 saturated carbocycles. The Labute approximate surface area is 135 Å². The van der Waals surface area contributed by atoms with E-state index in [1.807, 2.05) is 24.3 Å². The highest BCUT2D eigenvalue weighted by molar-refractivity contribution is 7.19. The predicted molar refractivity (Wildman–Crippen MR) is 88.3 cm³/mol. The van der Waals surface area contributed by atoms with E-state index in [9.17, 15) is 0 Å². The van der Waals surface area contributed by atoms with Crippen LogP contribution < -0.4 is 10.5 Å². The molecule has 114 valence electrons. The van der Waals surface area contributed by atoms with Gasteiger partial charge in [-0.25, -0.2) is 19.5 Å². The summed E-state index contributed by atoms with van der Waals surface area (Å²) in [6.07, 6.45) is 5.08. The van der Waals surface area contributed by atoms with Crippen LogP contribution in [0.4, 0.5) is 5.95 Å². The van der Waals surface area contributed by atoms with Crippen LogP contribution >= 0.6 is 11.3 Å². The molecule has 0 amide bonds. The van der Waals surface area contributed by atoms with E-state index in [0.717, 1.165) is 32.5 Å². The molecule has 23 heavy (non-hydrogen) atoms. The molecule has 0 unspecified atom stereocenters. The molecule has 0 aliphatic carbocycles. The summed E-state index contributed by atoms with van der Waals surface area (Å²) in [6.45, 7) is 0. The maximum absolute atomic E-state index is 5.53. The summed E-state index contributed by atoms with van der Waals surface area (Å²) >= 11 is 1.51. The third-order valence-corrected chi connectivity index (χ3v) is 4.34. The van der Waals surface area contributed by atoms with Crippen molar-refractivity contribution >= 4 is 22.2 Å². The number of rotatable bonds is 3. The van der Waals surface area contributed by atoms with Gasteiger partial charge in [0.25, 0.3) is 0 Å². The molecule has 0 aliphatic rings. The Bertz CT molecular complexity index is 975. The number of imidazole rings is 1. The van der Waals surface area contributed by atoms with Crippen molar-refractivity contribution < 1.29 is 4.74 Å². The standard InChI is InChI=1S/C15H12N6OS/c1-22-11-4-2-3-9(5-11)13-20-21-12(8-19-15(21)23-13)10-6-17-14(16)18-7-10/h2-8H,1H3,(H2,16,17,18). The van der Waals surface area contributed by atoms with Crippen LogP contribution in [-0.4, -0.2) is 31.7 Å². The minimum absolute atomic E-state index is 0.241. The fourth-order valence-electron chi connectivity index (χ4n) is 2.23. The lowest BCUT2D eigenvalue weighted by atomic mass is 10.2. The van der Waals surface area contributed by atoms with Crippen molar-refractivity contribution in [1.82, 2.24) is 24.6 Å². The first kappa shape index (κ1) is 13.6. The first-order chi connectivity index (χ1) is 11.2. The summed E-state index contributed by atoms with van der Waals surface area (Å²) < 4.78 is 7.05. The van der Waals surface area contributed by atoms with E-state index in [2.05, 4.69) is 20.1 Å². The molecule has 3 heterocycles. The third kappa shape index (κ3) is 2.38. The van der Waals surface area contributed by atoms with Crippen LogP contribution in [0.15, 0.2) is 42.9 Å². The van der Waals surface area contributed by atoms with Gasteiger partial charge in [0.2, 0.25) is 10.9 Å². The zero-order valence-electron chi connectivity index (χ0n) is 12.2. The minimum Gasteiger partial charge on any atom is -0.497 e. The van der Waals surface area contributed by atoms with Gasteiger partial charge in [-0.3, -0.25) is 0 Å². The Morgan fingerprint density at radius 2 is 1.91 bits per heavy atom. The maximum atomic E-state index is 5.53. The van der Waals surface area contributed by atoms with Crippen molar-refractivity contribution in [3.8, 4) is 27.6 Å². The van der Waals surface area contributed by atoms with Crippen LogP contribution in [0.5, 0.6) is 5.75 Å². The molecule has 0 saturated heterocycles. The minimum atomic E-state index is 0.241. The fraction of sp³-hybridized carbons (Fsp3) is 0.0667. The van der Waals surface area contributed by atoms with E-state index >= 15 is 0 Å². The number of methoxy groups -OCH3 is 1. The number of nitrogens with two attached hydrogens (primary N) is 1. The van der Waals surface area contributed by atoms with Crippen molar-refractivity contribution in [1.29, 1.82) is 0 Å². The lowest BCUT2D eigenvalue weighted by Crippen LogP contribution is -1.95. The zero-order valence-corrected chi connectivity index (χ0v) is 13.0. The number of fused-ring (bicyclic) bond motifs is 1. The second kappa shape index (κ2) is 5.33. The Morgan fingerprint density at radius 1 is 1.09 bits per heavy atom. The molecule has 0 bridgehead atoms. The Balaban J connectivity index is 1.81. The van der Waals surface area contributed by atoms with Crippen LogP contribution in [0.1, 0.15) is 0 Å². The van der Waals surface area contributed by atoms with Gasteiger partial charge in [0, 0.05) is 23.5 Å². The monoisotopic (exact) mass is 324 g/mol. The van der Waals surface area contributed by atoms with Crippen molar-refractivity contribution in [2.45, 2.75) is 0 Å². The van der Waals surface area contributed by atoms with Gasteiger partial charge in [-0.05, 0) is 12.1 Å². The number of anilines is 1. The molecule has 1 aromatic carbocycles. The predicted octanol–water partition coefficient (Wildman–Crippen LogP) is 2.51. The largest absolute Gasteiger partial charge is 0.497 e. The first-order valence-corrected chi connectivity index (χ1v) is 7.63. The molecule has 2 N–H and O–H groups in total. The van der Waals surface area contributed by atoms with Gasteiger partial charge in [-0.1, -0.05) is 23.5 Å². The van der Waals surface area contributed by atoms with Crippen LogP contribution in [0.25, 0.3) is 26.8 Å². The van der Waals surface area contributed by atoms with Gasteiger partial charge in [0.05, 0.1) is 19.0 Å². The molecule has 7 nitrogen and oxygen atoms in total. The summed E-state index contributed by atoms with van der Waals surface area (Å²) in [7, 11) is 1.65. The molecule has 4 rings (SSSR count). The molecule has 0 spiro atoms. The Morgan fingerprint density at radius 3 is 2.70 bits per heavy atom. The molecule has 8 heteroatoms. The summed E-state index contributed by atoms with van der Waals surface area (Å²) in [6, 6.07) is 7.78. The second-order valence-corrected chi connectivity index (χ2v) is 5.76. The first-order valence-electron chi connectivity index (χ1n) is 6.81. The van der Waals surface area contributed by atoms with Crippen molar-refractivity contribution in [2.24, 2.45) is 0 Å². The highest BCUT2D eigenvalue weighted by atomic mass is 32.1. The highest BCUT2D eigenvalue weighted by Gasteiger charge is 2.13. The average molecular weight is 324 g/mol. The normalized spacial score (nSPS) is 11.0. The van der Waals surface area contributed by atoms with E-state index in [4.69, 9.17) is 10.5 Å². The van der Waals surface area contributed by atoms with Crippen LogP contribution in [-0.2, 0) is 0 Å². The molecule has 0 fully saturated rings. The number of hydrogen-bond acceptors (Lipinski definition) is 7. The molecule has 4 aromatic rings. The van der Waals surface area contributed by atoms with Crippen LogP contribution in [0.3, 0.4) is 0 Å². The molecular formula is C15H12N6OS. The molecule has 3 aromatic heterocycles. The number of ether oxygens (including phenoxy) is 1. The van der Waals surface area contributed by atoms with Gasteiger partial charge in [-0.15, -0.1) is 0 Å².